The fourth-order valence-electron chi connectivity index (χ4n) is 0.676. The molecule has 1 aromatic rings. The number of halogens is 1. The maximum atomic E-state index is 10.8. The van der Waals surface area contributed by atoms with Crippen LogP contribution in [0.5, 0.6) is 0 Å². The van der Waals surface area contributed by atoms with Gasteiger partial charge in [-0.1, -0.05) is 5.22 Å². The van der Waals surface area contributed by atoms with E-state index in [1.54, 1.807) is 14.1 Å². The van der Waals surface area contributed by atoms with Crippen molar-refractivity contribution in [1.82, 2.24) is 15.0 Å². The van der Waals surface area contributed by atoms with Gasteiger partial charge in [-0.25, -0.2) is 4.98 Å². The topological polar surface area (TPSA) is 99.7 Å². The molecule has 0 bridgehead atoms. The minimum absolute atomic E-state index is 0. The fourth-order valence-corrected chi connectivity index (χ4v) is 0.676. The first-order chi connectivity index (χ1) is 6.11. The highest BCUT2D eigenvalue weighted by atomic mass is 35.5. The predicted molar refractivity (Wildman–Crippen MR) is 52.6 cm³/mol. The summed E-state index contributed by atoms with van der Waals surface area (Å²) in [6.07, 6.45) is 1.34. The standard InChI is InChI=1S/C6H10N6O.ClH/c1-12(2)11-10-6-4(5(7)13)8-3-9-6;/h3H,1-2H3,(H2,7,13)(H,8,9);1H. The molecule has 1 rings (SSSR count). The van der Waals surface area contributed by atoms with E-state index in [0.29, 0.717) is 0 Å². The van der Waals surface area contributed by atoms with E-state index in [1.165, 1.54) is 11.3 Å². The molecule has 1 amide bonds. The molecule has 0 atom stereocenters. The lowest BCUT2D eigenvalue weighted by atomic mass is 10.4. The van der Waals surface area contributed by atoms with E-state index in [4.69, 9.17) is 5.73 Å². The summed E-state index contributed by atoms with van der Waals surface area (Å²) in [5.41, 5.74) is 5.20. The molecule has 1 aromatic heterocycles. The van der Waals surface area contributed by atoms with Crippen LogP contribution in [0, 0.1) is 0 Å². The summed E-state index contributed by atoms with van der Waals surface area (Å²) >= 11 is 0. The van der Waals surface area contributed by atoms with Gasteiger partial charge in [0.1, 0.15) is 0 Å². The molecule has 0 saturated carbocycles. The molecule has 0 saturated heterocycles. The molecular formula is C6H11ClN6O. The van der Waals surface area contributed by atoms with E-state index in [0.717, 1.165) is 0 Å². The number of carbonyl (C=O) groups excluding carboxylic acids is 1. The SMILES string of the molecule is CN(C)N=Nc1nc[nH]c1C(N)=O.Cl. The summed E-state index contributed by atoms with van der Waals surface area (Å²) in [5.74, 6) is -0.411. The van der Waals surface area contributed by atoms with Gasteiger partial charge in [0.2, 0.25) is 5.82 Å². The molecule has 14 heavy (non-hydrogen) atoms. The van der Waals surface area contributed by atoms with Gasteiger partial charge in [-0.2, -0.15) is 0 Å². The van der Waals surface area contributed by atoms with Crippen LogP contribution in [0.1, 0.15) is 10.5 Å². The molecule has 0 unspecified atom stereocenters. The van der Waals surface area contributed by atoms with Gasteiger partial charge in [0.05, 0.1) is 6.33 Å². The number of nitrogens with two attached hydrogens (primary N) is 1. The highest BCUT2D eigenvalue weighted by molar-refractivity contribution is 5.94. The molecule has 3 N–H and O–H groups in total. The Balaban J connectivity index is 0.00000169. The van der Waals surface area contributed by atoms with Gasteiger partial charge in [-0.3, -0.25) is 9.80 Å². The van der Waals surface area contributed by atoms with Crippen molar-refractivity contribution in [2.75, 3.05) is 14.1 Å². The number of nitrogens with one attached hydrogen (secondary N) is 1. The molecule has 0 radical (unpaired) electrons. The molecule has 0 fully saturated rings. The van der Waals surface area contributed by atoms with Crippen molar-refractivity contribution in [3.63, 3.8) is 0 Å². The number of nitrogens with zero attached hydrogens (tertiary/aromatic N) is 4. The zero-order valence-corrected chi connectivity index (χ0v) is 8.58. The smallest absolute Gasteiger partial charge is 0.269 e. The molecule has 1 heterocycles. The zero-order chi connectivity index (χ0) is 9.84. The van der Waals surface area contributed by atoms with Crippen molar-refractivity contribution >= 4 is 24.1 Å². The van der Waals surface area contributed by atoms with E-state index in [2.05, 4.69) is 20.3 Å². The van der Waals surface area contributed by atoms with Gasteiger partial charge in [0, 0.05) is 14.1 Å². The van der Waals surface area contributed by atoms with Crippen LogP contribution in [0.4, 0.5) is 5.82 Å². The van der Waals surface area contributed by atoms with Crippen LogP contribution in [0.3, 0.4) is 0 Å². The Bertz CT molecular complexity index is 333. The van der Waals surface area contributed by atoms with Gasteiger partial charge in [0.15, 0.2) is 5.69 Å². The summed E-state index contributed by atoms with van der Waals surface area (Å²) < 4.78 is 0. The number of imidazole rings is 1. The van der Waals surface area contributed by atoms with Gasteiger partial charge in [-0.15, -0.1) is 17.5 Å². The number of primary amides is 1. The minimum Gasteiger partial charge on any atom is -0.364 e. The molecule has 0 aromatic carbocycles. The second-order valence-electron chi connectivity index (χ2n) is 2.50. The maximum Gasteiger partial charge on any atom is 0.269 e. The Hall–Kier alpha value is -1.63. The molecule has 0 aliphatic rings. The van der Waals surface area contributed by atoms with Crippen LogP contribution >= 0.6 is 12.4 Å². The normalized spacial score (nSPS) is 9.86. The van der Waals surface area contributed by atoms with E-state index in [9.17, 15) is 4.79 Å². The van der Waals surface area contributed by atoms with Gasteiger partial charge >= 0.3 is 0 Å². The highest BCUT2D eigenvalue weighted by Gasteiger charge is 2.09. The summed E-state index contributed by atoms with van der Waals surface area (Å²) in [4.78, 5) is 17.1. The Kier molecular flexibility index (Phi) is 4.57. The van der Waals surface area contributed by atoms with E-state index >= 15 is 0 Å². The lowest BCUT2D eigenvalue weighted by molar-refractivity contribution is 0.0996. The lowest BCUT2D eigenvalue weighted by Gasteiger charge is -1.98. The number of rotatable bonds is 3. The molecule has 0 aliphatic heterocycles. The number of amides is 1. The van der Waals surface area contributed by atoms with Gasteiger partial charge in [-0.05, 0) is 0 Å². The first-order valence-corrected chi connectivity index (χ1v) is 3.53. The summed E-state index contributed by atoms with van der Waals surface area (Å²) in [7, 11) is 3.42. The average molecular weight is 219 g/mol. The molecular weight excluding hydrogens is 208 g/mol. The van der Waals surface area contributed by atoms with Gasteiger partial charge < -0.3 is 10.7 Å². The van der Waals surface area contributed by atoms with Crippen LogP contribution in [-0.2, 0) is 0 Å². The summed E-state index contributed by atoms with van der Waals surface area (Å²) in [6.45, 7) is 0. The Labute approximate surface area is 86.8 Å². The third-order valence-corrected chi connectivity index (χ3v) is 1.18. The lowest BCUT2D eigenvalue weighted by Crippen LogP contribution is -2.11. The molecule has 78 valence electrons. The zero-order valence-electron chi connectivity index (χ0n) is 7.76. The third kappa shape index (κ3) is 3.02. The number of aromatic nitrogens is 2. The van der Waals surface area contributed by atoms with Crippen molar-refractivity contribution in [2.45, 2.75) is 0 Å². The van der Waals surface area contributed by atoms with Crippen molar-refractivity contribution in [3.05, 3.63) is 12.0 Å². The number of carbonyl (C=O) groups is 1. The molecule has 7 nitrogen and oxygen atoms in total. The van der Waals surface area contributed by atoms with Crippen LogP contribution in [0.25, 0.3) is 0 Å². The highest BCUT2D eigenvalue weighted by Crippen LogP contribution is 2.12. The van der Waals surface area contributed by atoms with Crippen molar-refractivity contribution in [3.8, 4) is 0 Å². The van der Waals surface area contributed by atoms with Crippen molar-refractivity contribution in [2.24, 2.45) is 16.1 Å². The largest absolute Gasteiger partial charge is 0.364 e. The van der Waals surface area contributed by atoms with E-state index < -0.39 is 5.91 Å². The monoisotopic (exact) mass is 218 g/mol. The number of H-pyrrole nitrogens is 1. The van der Waals surface area contributed by atoms with Crippen LogP contribution in [-0.4, -0.2) is 35.0 Å². The number of hydrogen-bond acceptors (Lipinski definition) is 4. The fraction of sp³-hybridized carbons (Fsp3) is 0.333. The second kappa shape index (κ2) is 5.18. The Morgan fingerprint density at radius 1 is 1.64 bits per heavy atom. The Morgan fingerprint density at radius 2 is 2.29 bits per heavy atom. The maximum absolute atomic E-state index is 10.8. The molecule has 8 heteroatoms. The molecule has 0 spiro atoms. The van der Waals surface area contributed by atoms with Gasteiger partial charge in [0.25, 0.3) is 5.91 Å². The van der Waals surface area contributed by atoms with Crippen LogP contribution in [0.2, 0.25) is 0 Å². The second-order valence-corrected chi connectivity index (χ2v) is 2.50. The number of hydrogen-bond donors (Lipinski definition) is 2. The first kappa shape index (κ1) is 12.4. The van der Waals surface area contributed by atoms with Crippen LogP contribution < -0.4 is 5.73 Å². The van der Waals surface area contributed by atoms with Crippen LogP contribution in [0.15, 0.2) is 16.7 Å². The molecule has 0 aliphatic carbocycles. The average Bonchev–Trinajstić information content (AvgIpc) is 2.47. The van der Waals surface area contributed by atoms with Crippen molar-refractivity contribution in [1.29, 1.82) is 0 Å². The quantitative estimate of drug-likeness (QED) is 0.570. The van der Waals surface area contributed by atoms with Crippen molar-refractivity contribution < 1.29 is 4.79 Å². The predicted octanol–water partition coefficient (Wildman–Crippen LogP) is 0.491. The first-order valence-electron chi connectivity index (χ1n) is 3.53. The Morgan fingerprint density at radius 3 is 2.79 bits per heavy atom. The van der Waals surface area contributed by atoms with E-state index in [-0.39, 0.29) is 23.9 Å². The van der Waals surface area contributed by atoms with E-state index in [1.807, 2.05) is 0 Å². The summed E-state index contributed by atoms with van der Waals surface area (Å²) in [5, 5.41) is 8.86. The number of aromatic amines is 1. The minimum atomic E-state index is -0.606. The third-order valence-electron chi connectivity index (χ3n) is 1.18. The summed E-state index contributed by atoms with van der Waals surface area (Å²) in [6, 6.07) is 0.